The van der Waals surface area contributed by atoms with E-state index in [1.165, 1.54) is 11.8 Å². The molecule has 1 aromatic heterocycles. The summed E-state index contributed by atoms with van der Waals surface area (Å²) in [5.74, 6) is 0.125. The second-order valence-electron chi connectivity index (χ2n) is 9.80. The first-order valence-electron chi connectivity index (χ1n) is 12.8. The van der Waals surface area contributed by atoms with Crippen LogP contribution in [0.2, 0.25) is 0 Å². The third kappa shape index (κ3) is 8.47. The molecule has 0 bridgehead atoms. The van der Waals surface area contributed by atoms with Crippen molar-refractivity contribution in [3.8, 4) is 0 Å². The number of carbonyl (C=O) groups is 3. The zero-order valence-electron chi connectivity index (χ0n) is 22.0. The van der Waals surface area contributed by atoms with Crippen molar-refractivity contribution < 1.29 is 14.4 Å². The number of hydrogen-bond acceptors (Lipinski definition) is 5. The van der Waals surface area contributed by atoms with Gasteiger partial charge in [0.1, 0.15) is 6.04 Å². The first-order valence-corrected chi connectivity index (χ1v) is 13.8. The van der Waals surface area contributed by atoms with Gasteiger partial charge in [-0.15, -0.1) is 0 Å². The first kappa shape index (κ1) is 28.5. The van der Waals surface area contributed by atoms with Crippen molar-refractivity contribution in [2.45, 2.75) is 58.0 Å². The molecule has 0 spiro atoms. The lowest BCUT2D eigenvalue weighted by atomic mass is 10.0. The molecule has 0 aliphatic rings. The second kappa shape index (κ2) is 13.4. The number of aromatic nitrogens is 1. The van der Waals surface area contributed by atoms with E-state index in [0.29, 0.717) is 44.5 Å². The molecule has 1 atom stereocenters. The van der Waals surface area contributed by atoms with E-state index in [1.807, 2.05) is 72.6 Å². The molecule has 0 aliphatic carbocycles. The number of thioether (sulfide) groups is 1. The SMILES string of the molecule is CCC(=O)SCCCN(CCc1ccccc1)C(=O)C(Cc1c[nH]c2ccccc12)NC(=O)C(C)(C)N. The topological polar surface area (TPSA) is 108 Å². The van der Waals surface area contributed by atoms with Crippen LogP contribution in [0.3, 0.4) is 0 Å². The fourth-order valence-corrected chi connectivity index (χ4v) is 4.77. The monoisotopic (exact) mass is 522 g/mol. The number of amides is 2. The zero-order chi connectivity index (χ0) is 26.8. The van der Waals surface area contributed by atoms with Crippen molar-refractivity contribution in [2.75, 3.05) is 18.8 Å². The lowest BCUT2D eigenvalue weighted by molar-refractivity contribution is -0.137. The van der Waals surface area contributed by atoms with E-state index in [-0.39, 0.29) is 16.9 Å². The Morgan fingerprint density at radius 1 is 1.05 bits per heavy atom. The van der Waals surface area contributed by atoms with Gasteiger partial charge >= 0.3 is 0 Å². The minimum absolute atomic E-state index is 0.148. The molecular weight excluding hydrogens is 484 g/mol. The number of para-hydroxylation sites is 1. The molecule has 1 unspecified atom stereocenters. The summed E-state index contributed by atoms with van der Waals surface area (Å²) in [6, 6.07) is 17.2. The van der Waals surface area contributed by atoms with Gasteiger partial charge in [0.05, 0.1) is 5.54 Å². The van der Waals surface area contributed by atoms with Crippen LogP contribution in [-0.2, 0) is 27.2 Å². The third-order valence-electron chi connectivity index (χ3n) is 6.24. The van der Waals surface area contributed by atoms with E-state index in [0.717, 1.165) is 22.0 Å². The van der Waals surface area contributed by atoms with Gasteiger partial charge in [-0.05, 0) is 43.9 Å². The number of nitrogens with one attached hydrogen (secondary N) is 2. The highest BCUT2D eigenvalue weighted by Gasteiger charge is 2.31. The van der Waals surface area contributed by atoms with Gasteiger partial charge in [0, 0.05) is 48.8 Å². The number of hydrogen-bond donors (Lipinski definition) is 3. The van der Waals surface area contributed by atoms with Gasteiger partial charge in [-0.3, -0.25) is 14.4 Å². The molecule has 4 N–H and O–H groups in total. The van der Waals surface area contributed by atoms with Gasteiger partial charge in [-0.25, -0.2) is 0 Å². The van der Waals surface area contributed by atoms with E-state index in [2.05, 4.69) is 10.3 Å². The average Bonchev–Trinajstić information content (AvgIpc) is 3.30. The highest BCUT2D eigenvalue weighted by atomic mass is 32.2. The fraction of sp³-hybridized carbons (Fsp3) is 0.414. The van der Waals surface area contributed by atoms with E-state index in [4.69, 9.17) is 5.73 Å². The fourth-order valence-electron chi connectivity index (χ4n) is 4.07. The molecule has 0 radical (unpaired) electrons. The predicted molar refractivity (Wildman–Crippen MR) is 151 cm³/mol. The molecule has 0 saturated carbocycles. The third-order valence-corrected chi connectivity index (χ3v) is 7.34. The Hall–Kier alpha value is -3.10. The van der Waals surface area contributed by atoms with Crippen LogP contribution >= 0.6 is 11.8 Å². The number of carbonyl (C=O) groups excluding carboxylic acids is 3. The Bertz CT molecular complexity index is 1190. The Morgan fingerprint density at radius 3 is 2.46 bits per heavy atom. The van der Waals surface area contributed by atoms with Gasteiger partial charge in [0.25, 0.3) is 0 Å². The summed E-state index contributed by atoms with van der Waals surface area (Å²) >= 11 is 1.30. The van der Waals surface area contributed by atoms with Crippen molar-refractivity contribution >= 4 is 39.6 Å². The lowest BCUT2D eigenvalue weighted by Crippen LogP contribution is -2.57. The summed E-state index contributed by atoms with van der Waals surface area (Å²) in [5, 5.41) is 4.10. The number of aromatic amines is 1. The normalized spacial score (nSPS) is 12.3. The van der Waals surface area contributed by atoms with Gasteiger partial charge in [-0.1, -0.05) is 67.2 Å². The maximum atomic E-state index is 14.0. The lowest BCUT2D eigenvalue weighted by Gasteiger charge is -2.30. The van der Waals surface area contributed by atoms with Gasteiger partial charge in [-0.2, -0.15) is 0 Å². The van der Waals surface area contributed by atoms with Crippen LogP contribution in [-0.4, -0.2) is 57.2 Å². The predicted octanol–water partition coefficient (Wildman–Crippen LogP) is 4.06. The molecule has 2 aromatic carbocycles. The molecule has 0 aliphatic heterocycles. The molecule has 8 heteroatoms. The minimum atomic E-state index is -1.12. The van der Waals surface area contributed by atoms with Gasteiger partial charge in [0.15, 0.2) is 5.12 Å². The zero-order valence-corrected chi connectivity index (χ0v) is 22.8. The Kier molecular flexibility index (Phi) is 10.3. The summed E-state index contributed by atoms with van der Waals surface area (Å²) in [6.45, 7) is 6.13. The molecule has 3 rings (SSSR count). The maximum Gasteiger partial charge on any atom is 0.245 e. The molecule has 7 nitrogen and oxygen atoms in total. The number of nitrogens with zero attached hydrogens (tertiary/aromatic N) is 1. The van der Waals surface area contributed by atoms with E-state index in [1.54, 1.807) is 13.8 Å². The Balaban J connectivity index is 1.82. The molecule has 1 heterocycles. The van der Waals surface area contributed by atoms with Crippen molar-refractivity contribution in [1.29, 1.82) is 0 Å². The number of H-pyrrole nitrogens is 1. The van der Waals surface area contributed by atoms with Crippen LogP contribution in [0.1, 0.15) is 44.7 Å². The highest BCUT2D eigenvalue weighted by molar-refractivity contribution is 8.13. The Labute approximate surface area is 223 Å². The number of nitrogens with two attached hydrogens (primary N) is 1. The summed E-state index contributed by atoms with van der Waals surface area (Å²) in [7, 11) is 0. The van der Waals surface area contributed by atoms with Crippen molar-refractivity contribution in [3.63, 3.8) is 0 Å². The van der Waals surface area contributed by atoms with E-state index < -0.39 is 11.6 Å². The van der Waals surface area contributed by atoms with Crippen LogP contribution in [0.5, 0.6) is 0 Å². The van der Waals surface area contributed by atoms with Crippen LogP contribution in [0.4, 0.5) is 0 Å². The quantitative estimate of drug-likeness (QED) is 0.293. The van der Waals surface area contributed by atoms with E-state index >= 15 is 0 Å². The first-order chi connectivity index (χ1) is 17.7. The summed E-state index contributed by atoms with van der Waals surface area (Å²) in [4.78, 5) is 43.6. The molecule has 2 amide bonds. The molecular formula is C29H38N4O3S. The number of fused-ring (bicyclic) bond motifs is 1. The van der Waals surface area contributed by atoms with E-state index in [9.17, 15) is 14.4 Å². The molecule has 3 aromatic rings. The Morgan fingerprint density at radius 2 is 1.76 bits per heavy atom. The van der Waals surface area contributed by atoms with Crippen LogP contribution in [0.25, 0.3) is 10.9 Å². The molecule has 37 heavy (non-hydrogen) atoms. The minimum Gasteiger partial charge on any atom is -0.361 e. The molecule has 0 saturated heterocycles. The van der Waals surface area contributed by atoms with Gasteiger partial charge < -0.3 is 20.9 Å². The van der Waals surface area contributed by atoms with Crippen LogP contribution in [0.15, 0.2) is 60.8 Å². The van der Waals surface area contributed by atoms with Crippen molar-refractivity contribution in [3.05, 3.63) is 71.9 Å². The summed E-state index contributed by atoms with van der Waals surface area (Å²) in [5.41, 5.74) is 8.01. The van der Waals surface area contributed by atoms with Crippen LogP contribution < -0.4 is 11.1 Å². The van der Waals surface area contributed by atoms with Crippen molar-refractivity contribution in [2.24, 2.45) is 5.73 Å². The maximum absolute atomic E-state index is 14.0. The summed E-state index contributed by atoms with van der Waals surface area (Å²) < 4.78 is 0. The standard InChI is InChI=1S/C29H38N4O3S/c1-4-26(34)37-18-10-16-33(17-15-21-11-6-5-7-12-21)27(35)25(32-28(36)29(2,3)30)19-22-20-31-24-14-9-8-13-23(22)24/h5-9,11-14,20,25,31H,4,10,15-19,30H2,1-3H3,(H,32,36). The average molecular weight is 523 g/mol. The number of rotatable bonds is 13. The van der Waals surface area contributed by atoms with Crippen LogP contribution in [0, 0.1) is 0 Å². The molecule has 198 valence electrons. The van der Waals surface area contributed by atoms with Crippen molar-refractivity contribution in [1.82, 2.24) is 15.2 Å². The largest absolute Gasteiger partial charge is 0.361 e. The summed E-state index contributed by atoms with van der Waals surface area (Å²) in [6.07, 6.45) is 4.12. The molecule has 0 fully saturated rings. The second-order valence-corrected chi connectivity index (χ2v) is 11.0. The number of benzene rings is 2. The highest BCUT2D eigenvalue weighted by Crippen LogP contribution is 2.20. The smallest absolute Gasteiger partial charge is 0.245 e. The van der Waals surface area contributed by atoms with Gasteiger partial charge in [0.2, 0.25) is 11.8 Å².